The second kappa shape index (κ2) is 3.86. The van der Waals surface area contributed by atoms with Crippen LogP contribution in [0.2, 0.25) is 0 Å². The predicted molar refractivity (Wildman–Crippen MR) is 65.0 cm³/mol. The van der Waals surface area contributed by atoms with Gasteiger partial charge in [-0.25, -0.2) is 0 Å². The van der Waals surface area contributed by atoms with Crippen molar-refractivity contribution in [1.82, 2.24) is 9.78 Å². The van der Waals surface area contributed by atoms with Crippen LogP contribution in [0.5, 0.6) is 0 Å². The molecule has 1 saturated carbocycles. The van der Waals surface area contributed by atoms with Crippen LogP contribution in [0.3, 0.4) is 0 Å². The van der Waals surface area contributed by atoms with Crippen molar-refractivity contribution in [3.63, 3.8) is 0 Å². The number of nitrogens with two attached hydrogens (primary N) is 1. The maximum absolute atomic E-state index is 11.9. The molecule has 1 aliphatic rings. The van der Waals surface area contributed by atoms with E-state index in [0.29, 0.717) is 5.69 Å². The first kappa shape index (κ1) is 11.1. The number of hydrogen-bond donors (Lipinski definition) is 2. The molecule has 0 aliphatic heterocycles. The van der Waals surface area contributed by atoms with E-state index in [1.165, 1.54) is 0 Å². The van der Waals surface area contributed by atoms with Gasteiger partial charge in [0.15, 0.2) is 0 Å². The predicted octanol–water partition coefficient (Wildman–Crippen LogP) is 0.908. The maximum atomic E-state index is 11.9. The third kappa shape index (κ3) is 1.80. The second-order valence-electron chi connectivity index (χ2n) is 3.99. The Hall–Kier alpha value is -1.43. The standard InChI is InChI=1S/C10H14N4OS/c1-2-14-6-7(5-12-14)13-9(15)10(3-4-10)8(11)16/h5-6H,2-4H2,1H3,(H2,11,16)(H,13,15). The highest BCUT2D eigenvalue weighted by molar-refractivity contribution is 7.80. The van der Waals surface area contributed by atoms with Gasteiger partial charge in [-0.15, -0.1) is 0 Å². The van der Waals surface area contributed by atoms with Gasteiger partial charge in [0.2, 0.25) is 5.91 Å². The average molecular weight is 238 g/mol. The van der Waals surface area contributed by atoms with E-state index >= 15 is 0 Å². The summed E-state index contributed by atoms with van der Waals surface area (Å²) in [4.78, 5) is 12.2. The molecule has 5 nitrogen and oxygen atoms in total. The monoisotopic (exact) mass is 238 g/mol. The van der Waals surface area contributed by atoms with Gasteiger partial charge in [-0.2, -0.15) is 5.10 Å². The summed E-state index contributed by atoms with van der Waals surface area (Å²) in [6.07, 6.45) is 4.90. The van der Waals surface area contributed by atoms with Gasteiger partial charge in [0.25, 0.3) is 0 Å². The molecule has 3 N–H and O–H groups in total. The SMILES string of the molecule is CCn1cc(NC(=O)C2(C(N)=S)CC2)cn1. The van der Waals surface area contributed by atoms with E-state index in [1.807, 2.05) is 6.92 Å². The van der Waals surface area contributed by atoms with Crippen molar-refractivity contribution in [1.29, 1.82) is 0 Å². The molecule has 0 bridgehead atoms. The Morgan fingerprint density at radius 1 is 1.75 bits per heavy atom. The third-order valence-corrected chi connectivity index (χ3v) is 3.26. The Morgan fingerprint density at radius 3 is 2.88 bits per heavy atom. The number of aryl methyl sites for hydroxylation is 1. The second-order valence-corrected chi connectivity index (χ2v) is 4.43. The maximum Gasteiger partial charge on any atom is 0.237 e. The summed E-state index contributed by atoms with van der Waals surface area (Å²) < 4.78 is 1.75. The number of aromatic nitrogens is 2. The van der Waals surface area contributed by atoms with Crippen LogP contribution < -0.4 is 11.1 Å². The van der Waals surface area contributed by atoms with Crippen LogP contribution in [0, 0.1) is 5.41 Å². The largest absolute Gasteiger partial charge is 0.392 e. The van der Waals surface area contributed by atoms with Crippen LogP contribution in [0.15, 0.2) is 12.4 Å². The fourth-order valence-electron chi connectivity index (χ4n) is 1.56. The topological polar surface area (TPSA) is 72.9 Å². The number of amides is 1. The molecule has 1 amide bonds. The highest BCUT2D eigenvalue weighted by Crippen LogP contribution is 2.46. The van der Waals surface area contributed by atoms with Gasteiger partial charge >= 0.3 is 0 Å². The first-order valence-corrected chi connectivity index (χ1v) is 5.63. The lowest BCUT2D eigenvalue weighted by molar-refractivity contribution is -0.118. The van der Waals surface area contributed by atoms with Gasteiger partial charge in [-0.05, 0) is 19.8 Å². The molecule has 1 fully saturated rings. The molecule has 2 rings (SSSR count). The van der Waals surface area contributed by atoms with Crippen molar-refractivity contribution in [3.05, 3.63) is 12.4 Å². The highest BCUT2D eigenvalue weighted by atomic mass is 32.1. The summed E-state index contributed by atoms with van der Waals surface area (Å²) >= 11 is 4.91. The molecule has 0 spiro atoms. The Balaban J connectivity index is 2.05. The van der Waals surface area contributed by atoms with Crippen LogP contribution in [-0.2, 0) is 11.3 Å². The minimum absolute atomic E-state index is 0.115. The van der Waals surface area contributed by atoms with Gasteiger partial charge in [0.1, 0.15) is 0 Å². The summed E-state index contributed by atoms with van der Waals surface area (Å²) in [6.45, 7) is 2.76. The van der Waals surface area contributed by atoms with Crippen molar-refractivity contribution in [2.45, 2.75) is 26.3 Å². The van der Waals surface area contributed by atoms with Crippen molar-refractivity contribution in [2.24, 2.45) is 11.1 Å². The minimum atomic E-state index is -0.607. The van der Waals surface area contributed by atoms with E-state index < -0.39 is 5.41 Å². The van der Waals surface area contributed by atoms with E-state index in [0.717, 1.165) is 19.4 Å². The molecular weight excluding hydrogens is 224 g/mol. The fourth-order valence-corrected chi connectivity index (χ4v) is 1.86. The van der Waals surface area contributed by atoms with Crippen LogP contribution in [0.4, 0.5) is 5.69 Å². The Bertz CT molecular complexity index is 436. The van der Waals surface area contributed by atoms with Crippen molar-refractivity contribution in [2.75, 3.05) is 5.32 Å². The van der Waals surface area contributed by atoms with Gasteiger partial charge in [-0.3, -0.25) is 9.48 Å². The Labute approximate surface area is 99.0 Å². The first-order valence-electron chi connectivity index (χ1n) is 5.22. The zero-order valence-corrected chi connectivity index (χ0v) is 9.88. The molecule has 0 radical (unpaired) electrons. The molecule has 0 atom stereocenters. The van der Waals surface area contributed by atoms with Crippen LogP contribution in [-0.4, -0.2) is 20.7 Å². The lowest BCUT2D eigenvalue weighted by Crippen LogP contribution is -2.34. The van der Waals surface area contributed by atoms with E-state index in [4.69, 9.17) is 18.0 Å². The minimum Gasteiger partial charge on any atom is -0.392 e. The van der Waals surface area contributed by atoms with Crippen molar-refractivity contribution >= 4 is 28.8 Å². The zero-order chi connectivity index (χ0) is 11.8. The molecule has 86 valence electrons. The summed E-state index contributed by atoms with van der Waals surface area (Å²) in [5.41, 5.74) is 5.65. The van der Waals surface area contributed by atoms with Crippen LogP contribution in [0.1, 0.15) is 19.8 Å². The number of anilines is 1. The average Bonchev–Trinajstić information content (AvgIpc) is 2.95. The molecule has 1 aromatic heterocycles. The molecule has 1 heterocycles. The number of hydrogen-bond acceptors (Lipinski definition) is 3. The quantitative estimate of drug-likeness (QED) is 0.765. The van der Waals surface area contributed by atoms with E-state index in [-0.39, 0.29) is 10.9 Å². The lowest BCUT2D eigenvalue weighted by atomic mass is 10.1. The summed E-state index contributed by atoms with van der Waals surface area (Å²) in [5, 5.41) is 6.86. The number of rotatable bonds is 4. The number of carbonyl (C=O) groups is 1. The van der Waals surface area contributed by atoms with E-state index in [1.54, 1.807) is 17.1 Å². The Morgan fingerprint density at radius 2 is 2.44 bits per heavy atom. The molecule has 1 aromatic rings. The van der Waals surface area contributed by atoms with Gasteiger partial charge in [0.05, 0.1) is 22.3 Å². The smallest absolute Gasteiger partial charge is 0.237 e. The molecule has 0 aromatic carbocycles. The Kier molecular flexibility index (Phi) is 2.67. The van der Waals surface area contributed by atoms with Gasteiger partial charge in [0, 0.05) is 12.7 Å². The molecule has 1 aliphatic carbocycles. The number of nitrogens with one attached hydrogen (secondary N) is 1. The highest BCUT2D eigenvalue weighted by Gasteiger charge is 2.52. The van der Waals surface area contributed by atoms with Gasteiger partial charge < -0.3 is 11.1 Å². The fraction of sp³-hybridized carbons (Fsp3) is 0.500. The van der Waals surface area contributed by atoms with E-state index in [2.05, 4.69) is 10.4 Å². The molecular formula is C10H14N4OS. The number of thiocarbonyl (C=S) groups is 1. The number of nitrogens with zero attached hydrogens (tertiary/aromatic N) is 2. The molecule has 0 saturated heterocycles. The molecule has 0 unspecified atom stereocenters. The molecule has 6 heteroatoms. The third-order valence-electron chi connectivity index (χ3n) is 2.87. The summed E-state index contributed by atoms with van der Waals surface area (Å²) in [6, 6.07) is 0. The summed E-state index contributed by atoms with van der Waals surface area (Å²) in [7, 11) is 0. The normalized spacial score (nSPS) is 16.8. The number of carbonyl (C=O) groups excluding carboxylic acids is 1. The summed E-state index contributed by atoms with van der Waals surface area (Å²) in [5.74, 6) is -0.115. The zero-order valence-electron chi connectivity index (χ0n) is 9.06. The van der Waals surface area contributed by atoms with Crippen molar-refractivity contribution in [3.8, 4) is 0 Å². The van der Waals surface area contributed by atoms with Crippen LogP contribution >= 0.6 is 12.2 Å². The molecule has 16 heavy (non-hydrogen) atoms. The van der Waals surface area contributed by atoms with Crippen LogP contribution in [0.25, 0.3) is 0 Å². The van der Waals surface area contributed by atoms with Gasteiger partial charge in [-0.1, -0.05) is 12.2 Å². The lowest BCUT2D eigenvalue weighted by Gasteiger charge is -2.11. The first-order chi connectivity index (χ1) is 7.58. The van der Waals surface area contributed by atoms with Crippen molar-refractivity contribution < 1.29 is 4.79 Å². The van der Waals surface area contributed by atoms with E-state index in [9.17, 15) is 4.79 Å².